The normalized spacial score (nSPS) is 15.2. The number of piperidine rings is 1. The number of urea groups is 1. The van der Waals surface area contributed by atoms with E-state index >= 15 is 0 Å². The Morgan fingerprint density at radius 2 is 1.68 bits per heavy atom. The van der Waals surface area contributed by atoms with Crippen LogP contribution < -0.4 is 5.32 Å². The number of ketones is 1. The Bertz CT molecular complexity index is 887. The van der Waals surface area contributed by atoms with Gasteiger partial charge in [0.1, 0.15) is 0 Å². The van der Waals surface area contributed by atoms with Crippen LogP contribution in [0.4, 0.5) is 10.5 Å². The lowest BCUT2D eigenvalue weighted by Gasteiger charge is -2.30. The van der Waals surface area contributed by atoms with E-state index in [1.165, 1.54) is 5.56 Å². The smallest absolute Gasteiger partial charge is 0.321 e. The second-order valence-electron chi connectivity index (χ2n) is 8.02. The molecular formula is C25H30N2O4. The van der Waals surface area contributed by atoms with E-state index in [4.69, 9.17) is 4.74 Å². The van der Waals surface area contributed by atoms with Gasteiger partial charge in [0.2, 0.25) is 0 Å². The molecule has 0 aliphatic carbocycles. The summed E-state index contributed by atoms with van der Waals surface area (Å²) in [6, 6.07) is 16.6. The molecule has 6 nitrogen and oxygen atoms in total. The number of amides is 2. The van der Waals surface area contributed by atoms with Crippen LogP contribution >= 0.6 is 0 Å². The van der Waals surface area contributed by atoms with Crippen LogP contribution in [0, 0.1) is 5.92 Å². The maximum Gasteiger partial charge on any atom is 0.321 e. The molecule has 0 aromatic heterocycles. The van der Waals surface area contributed by atoms with E-state index in [0.717, 1.165) is 12.1 Å². The van der Waals surface area contributed by atoms with Crippen molar-refractivity contribution in [3.05, 3.63) is 65.7 Å². The van der Waals surface area contributed by atoms with E-state index in [9.17, 15) is 14.4 Å². The highest BCUT2D eigenvalue weighted by molar-refractivity contribution is 5.98. The molecule has 0 radical (unpaired) electrons. The quantitative estimate of drug-likeness (QED) is 0.510. The molecule has 1 aliphatic rings. The van der Waals surface area contributed by atoms with Crippen molar-refractivity contribution in [3.63, 3.8) is 0 Å². The summed E-state index contributed by atoms with van der Waals surface area (Å²) in [4.78, 5) is 38.8. The Labute approximate surface area is 183 Å². The second-order valence-corrected chi connectivity index (χ2v) is 8.02. The molecular weight excluding hydrogens is 392 g/mol. The highest BCUT2D eigenvalue weighted by atomic mass is 16.5. The van der Waals surface area contributed by atoms with Crippen molar-refractivity contribution in [1.82, 2.24) is 4.90 Å². The summed E-state index contributed by atoms with van der Waals surface area (Å²) < 4.78 is 5.28. The fraction of sp³-hybridized carbons (Fsp3) is 0.400. The number of hydrogen-bond donors (Lipinski definition) is 1. The van der Waals surface area contributed by atoms with Crippen LogP contribution in [0.3, 0.4) is 0 Å². The molecule has 164 valence electrons. The number of nitrogens with one attached hydrogen (secondary N) is 1. The molecule has 31 heavy (non-hydrogen) atoms. The van der Waals surface area contributed by atoms with Crippen molar-refractivity contribution in [2.45, 2.75) is 39.0 Å². The van der Waals surface area contributed by atoms with Gasteiger partial charge in [-0.25, -0.2) is 4.79 Å². The van der Waals surface area contributed by atoms with Crippen LogP contribution in [0.1, 0.15) is 54.9 Å². The number of para-hydroxylation sites is 1. The number of nitrogens with zero attached hydrogens (tertiary/aromatic N) is 1. The molecule has 1 atom stereocenters. The summed E-state index contributed by atoms with van der Waals surface area (Å²) in [5, 5.41) is 2.85. The zero-order valence-corrected chi connectivity index (χ0v) is 18.2. The summed E-state index contributed by atoms with van der Waals surface area (Å²) >= 11 is 0. The third kappa shape index (κ3) is 6.17. The van der Waals surface area contributed by atoms with Gasteiger partial charge in [-0.1, -0.05) is 56.3 Å². The van der Waals surface area contributed by atoms with Crippen molar-refractivity contribution >= 4 is 23.5 Å². The Morgan fingerprint density at radius 3 is 2.29 bits per heavy atom. The molecule has 1 saturated heterocycles. The second kappa shape index (κ2) is 10.8. The van der Waals surface area contributed by atoms with Gasteiger partial charge in [0.25, 0.3) is 0 Å². The van der Waals surface area contributed by atoms with E-state index in [0.29, 0.717) is 37.4 Å². The van der Waals surface area contributed by atoms with E-state index < -0.39 is 0 Å². The Kier molecular flexibility index (Phi) is 7.82. The third-order valence-electron chi connectivity index (χ3n) is 5.90. The van der Waals surface area contributed by atoms with E-state index in [1.54, 1.807) is 17.0 Å². The van der Waals surface area contributed by atoms with Crippen LogP contribution in [0.2, 0.25) is 0 Å². The van der Waals surface area contributed by atoms with Gasteiger partial charge in [-0.2, -0.15) is 0 Å². The largest absolute Gasteiger partial charge is 0.457 e. The van der Waals surface area contributed by atoms with E-state index in [-0.39, 0.29) is 30.3 Å². The van der Waals surface area contributed by atoms with Crippen molar-refractivity contribution in [1.29, 1.82) is 0 Å². The van der Waals surface area contributed by atoms with Crippen molar-refractivity contribution in [2.24, 2.45) is 5.92 Å². The summed E-state index contributed by atoms with van der Waals surface area (Å²) in [5.41, 5.74) is 2.48. The van der Waals surface area contributed by atoms with Gasteiger partial charge < -0.3 is 15.0 Å². The summed E-state index contributed by atoms with van der Waals surface area (Å²) in [6.07, 6.45) is 2.09. The van der Waals surface area contributed by atoms with Gasteiger partial charge in [-0.05, 0) is 42.9 Å². The number of esters is 1. The van der Waals surface area contributed by atoms with Crippen LogP contribution in [0.15, 0.2) is 54.6 Å². The predicted octanol–water partition coefficient (Wildman–Crippen LogP) is 4.87. The molecule has 2 aromatic carbocycles. The van der Waals surface area contributed by atoms with E-state index in [2.05, 4.69) is 19.2 Å². The molecule has 2 amide bonds. The molecule has 0 spiro atoms. The van der Waals surface area contributed by atoms with Crippen molar-refractivity contribution in [3.8, 4) is 0 Å². The Morgan fingerprint density at radius 1 is 1.03 bits per heavy atom. The first-order valence-corrected chi connectivity index (χ1v) is 10.9. The van der Waals surface area contributed by atoms with Gasteiger partial charge >= 0.3 is 12.0 Å². The number of carbonyl (C=O) groups is 3. The summed E-state index contributed by atoms with van der Waals surface area (Å²) in [5.74, 6) is -0.416. The predicted molar refractivity (Wildman–Crippen MR) is 120 cm³/mol. The Hall–Kier alpha value is -3.15. The van der Waals surface area contributed by atoms with Crippen LogP contribution in [0.5, 0.6) is 0 Å². The molecule has 1 heterocycles. The molecule has 1 fully saturated rings. The van der Waals surface area contributed by atoms with Crippen molar-refractivity contribution in [2.75, 3.05) is 25.0 Å². The molecule has 0 saturated carbocycles. The number of carbonyl (C=O) groups excluding carboxylic acids is 3. The SMILES string of the molecule is CC[C@@H](C)c1ccc(C(=O)COC(=O)C2CCN(C(=O)Nc3ccccc3)CC2)cc1. The average molecular weight is 423 g/mol. The first-order chi connectivity index (χ1) is 15.0. The molecule has 0 unspecified atom stereocenters. The first kappa shape index (κ1) is 22.5. The van der Waals surface area contributed by atoms with Gasteiger partial charge in [-0.3, -0.25) is 9.59 Å². The fourth-order valence-electron chi connectivity index (χ4n) is 3.61. The summed E-state index contributed by atoms with van der Waals surface area (Å²) in [7, 11) is 0. The van der Waals surface area contributed by atoms with Gasteiger partial charge in [0.05, 0.1) is 5.92 Å². The zero-order chi connectivity index (χ0) is 22.2. The monoisotopic (exact) mass is 422 g/mol. The van der Waals surface area contributed by atoms with Gasteiger partial charge in [-0.15, -0.1) is 0 Å². The topological polar surface area (TPSA) is 75.7 Å². The van der Waals surface area contributed by atoms with Crippen molar-refractivity contribution < 1.29 is 19.1 Å². The minimum atomic E-state index is -0.368. The first-order valence-electron chi connectivity index (χ1n) is 10.9. The standard InChI is InChI=1S/C25H30N2O4/c1-3-18(2)19-9-11-20(12-10-19)23(28)17-31-24(29)21-13-15-27(16-14-21)25(30)26-22-7-5-4-6-8-22/h4-12,18,21H,3,13-17H2,1-2H3,(H,26,30)/t18-/m1/s1. The lowest BCUT2D eigenvalue weighted by atomic mass is 9.96. The third-order valence-corrected chi connectivity index (χ3v) is 5.90. The molecule has 2 aromatic rings. The molecule has 1 aliphatic heterocycles. The lowest BCUT2D eigenvalue weighted by Crippen LogP contribution is -2.42. The maximum absolute atomic E-state index is 12.4. The molecule has 3 rings (SSSR count). The minimum Gasteiger partial charge on any atom is -0.457 e. The number of likely N-dealkylation sites (tertiary alicyclic amines) is 1. The van der Waals surface area contributed by atoms with Crippen LogP contribution in [-0.4, -0.2) is 42.4 Å². The molecule has 6 heteroatoms. The van der Waals surface area contributed by atoms with Gasteiger partial charge in [0, 0.05) is 24.3 Å². The minimum absolute atomic E-state index is 0.172. The van der Waals surface area contributed by atoms with E-state index in [1.807, 2.05) is 42.5 Å². The molecule has 1 N–H and O–H groups in total. The number of rotatable bonds is 7. The summed E-state index contributed by atoms with van der Waals surface area (Å²) in [6.45, 7) is 4.97. The maximum atomic E-state index is 12.4. The average Bonchev–Trinajstić information content (AvgIpc) is 2.82. The number of benzene rings is 2. The van der Waals surface area contributed by atoms with Gasteiger partial charge in [0.15, 0.2) is 12.4 Å². The van der Waals surface area contributed by atoms with Crippen LogP contribution in [-0.2, 0) is 9.53 Å². The highest BCUT2D eigenvalue weighted by Gasteiger charge is 2.29. The zero-order valence-electron chi connectivity index (χ0n) is 18.2. The number of ether oxygens (including phenoxy) is 1. The Balaban J connectivity index is 1.42. The highest BCUT2D eigenvalue weighted by Crippen LogP contribution is 2.21. The van der Waals surface area contributed by atoms with Crippen LogP contribution in [0.25, 0.3) is 0 Å². The fourth-order valence-corrected chi connectivity index (χ4v) is 3.61. The number of anilines is 1. The lowest BCUT2D eigenvalue weighted by molar-refractivity contribution is -0.148. The number of hydrogen-bond acceptors (Lipinski definition) is 4. The molecule has 0 bridgehead atoms. The number of Topliss-reactive ketones (excluding diaryl/α,β-unsaturated/α-hetero) is 1.